The summed E-state index contributed by atoms with van der Waals surface area (Å²) in [5.74, 6) is 0.314. The number of hydrogen-bond donors (Lipinski definition) is 3. The van der Waals surface area contributed by atoms with Gasteiger partial charge in [-0.15, -0.1) is 0 Å². The van der Waals surface area contributed by atoms with Crippen LogP contribution in [-0.2, 0) is 0 Å². The van der Waals surface area contributed by atoms with Crippen LogP contribution in [0.5, 0.6) is 0 Å². The first-order valence-corrected chi connectivity index (χ1v) is 7.93. The van der Waals surface area contributed by atoms with Crippen molar-refractivity contribution >= 4 is 11.8 Å². The molecule has 0 aliphatic carbocycles. The molecule has 0 saturated carbocycles. The Hall–Kier alpha value is -3.15. The molecule has 0 fully saturated rings. The Kier molecular flexibility index (Phi) is 4.79. The van der Waals surface area contributed by atoms with Crippen LogP contribution in [0.15, 0.2) is 59.1 Å². The van der Waals surface area contributed by atoms with E-state index in [4.69, 9.17) is 9.93 Å². The molecule has 1 unspecified atom stereocenters. The normalized spacial score (nSPS) is 11.8. The van der Waals surface area contributed by atoms with E-state index in [-0.39, 0.29) is 17.7 Å². The fraction of sp³-hybridized carbons (Fsp3) is 0.158. The highest BCUT2D eigenvalue weighted by Gasteiger charge is 2.15. The van der Waals surface area contributed by atoms with Crippen molar-refractivity contribution in [1.29, 1.82) is 5.41 Å². The van der Waals surface area contributed by atoms with Crippen LogP contribution in [0.3, 0.4) is 0 Å². The van der Waals surface area contributed by atoms with Crippen LogP contribution in [0.4, 0.5) is 10.3 Å². The lowest BCUT2D eigenvalue weighted by molar-refractivity contribution is 0.424. The maximum Gasteiger partial charge on any atom is 0.231 e. The molecule has 1 aromatic heterocycles. The van der Waals surface area contributed by atoms with Crippen LogP contribution < -0.4 is 10.6 Å². The largest absolute Gasteiger partial charge is 0.359 e. The number of halogens is 1. The number of guanidine groups is 1. The number of benzene rings is 2. The quantitative estimate of drug-likeness (QED) is 0.492. The van der Waals surface area contributed by atoms with Crippen LogP contribution in [0.25, 0.3) is 11.1 Å². The van der Waals surface area contributed by atoms with Gasteiger partial charge in [-0.1, -0.05) is 54.5 Å². The average molecular weight is 338 g/mol. The third-order valence-corrected chi connectivity index (χ3v) is 4.07. The summed E-state index contributed by atoms with van der Waals surface area (Å²) in [6.07, 6.45) is 0. The summed E-state index contributed by atoms with van der Waals surface area (Å²) in [5.41, 5.74) is 3.22. The summed E-state index contributed by atoms with van der Waals surface area (Å²) < 4.78 is 19.1. The third kappa shape index (κ3) is 3.68. The summed E-state index contributed by atoms with van der Waals surface area (Å²) in [6.45, 7) is 2.02. The Bertz CT molecular complexity index is 873. The van der Waals surface area contributed by atoms with Gasteiger partial charge in [0.05, 0.1) is 5.69 Å². The monoisotopic (exact) mass is 338 g/mol. The predicted molar refractivity (Wildman–Crippen MR) is 96.3 cm³/mol. The molecule has 0 bridgehead atoms. The van der Waals surface area contributed by atoms with Crippen molar-refractivity contribution in [3.63, 3.8) is 0 Å². The molecule has 5 nitrogen and oxygen atoms in total. The van der Waals surface area contributed by atoms with E-state index in [1.54, 1.807) is 25.2 Å². The maximum absolute atomic E-state index is 13.9. The molecule has 3 aromatic rings. The fourth-order valence-electron chi connectivity index (χ4n) is 2.55. The summed E-state index contributed by atoms with van der Waals surface area (Å²) in [6, 6.07) is 16.2. The maximum atomic E-state index is 13.9. The van der Waals surface area contributed by atoms with Crippen LogP contribution in [0.1, 0.15) is 24.1 Å². The van der Waals surface area contributed by atoms with Crippen LogP contribution in [0, 0.1) is 11.2 Å². The zero-order valence-electron chi connectivity index (χ0n) is 14.0. The lowest BCUT2D eigenvalue weighted by atomic mass is 9.95. The molecule has 25 heavy (non-hydrogen) atoms. The second-order valence-corrected chi connectivity index (χ2v) is 5.69. The predicted octanol–water partition coefficient (Wildman–Crippen LogP) is 4.20. The van der Waals surface area contributed by atoms with E-state index < -0.39 is 0 Å². The lowest BCUT2D eigenvalue weighted by Gasteiger charge is -2.10. The minimum absolute atomic E-state index is 0.0118. The van der Waals surface area contributed by atoms with Gasteiger partial charge in [0.15, 0.2) is 5.96 Å². The van der Waals surface area contributed by atoms with Gasteiger partial charge in [-0.25, -0.2) is 4.39 Å². The van der Waals surface area contributed by atoms with Crippen LogP contribution in [-0.4, -0.2) is 18.2 Å². The van der Waals surface area contributed by atoms with E-state index >= 15 is 0 Å². The Morgan fingerprint density at radius 2 is 1.88 bits per heavy atom. The van der Waals surface area contributed by atoms with Crippen molar-refractivity contribution in [2.45, 2.75) is 12.8 Å². The first kappa shape index (κ1) is 16.7. The fourth-order valence-corrected chi connectivity index (χ4v) is 2.55. The van der Waals surface area contributed by atoms with Gasteiger partial charge in [0, 0.05) is 24.6 Å². The smallest absolute Gasteiger partial charge is 0.231 e. The molecule has 1 atom stereocenters. The summed E-state index contributed by atoms with van der Waals surface area (Å²) in [7, 11) is 1.65. The first-order chi connectivity index (χ1) is 12.1. The number of aromatic nitrogens is 1. The van der Waals surface area contributed by atoms with Gasteiger partial charge in [0.1, 0.15) is 5.82 Å². The molecule has 0 spiro atoms. The van der Waals surface area contributed by atoms with E-state index in [0.29, 0.717) is 11.4 Å². The minimum atomic E-state index is -0.234. The minimum Gasteiger partial charge on any atom is -0.359 e. The Morgan fingerprint density at radius 1 is 1.16 bits per heavy atom. The van der Waals surface area contributed by atoms with Crippen molar-refractivity contribution in [2.24, 2.45) is 0 Å². The van der Waals surface area contributed by atoms with Gasteiger partial charge in [-0.2, -0.15) is 0 Å². The molecule has 0 aliphatic rings. The number of rotatable bonds is 4. The van der Waals surface area contributed by atoms with Crippen LogP contribution >= 0.6 is 0 Å². The van der Waals surface area contributed by atoms with Crippen molar-refractivity contribution < 1.29 is 8.91 Å². The third-order valence-electron chi connectivity index (χ3n) is 4.07. The van der Waals surface area contributed by atoms with E-state index in [9.17, 15) is 4.39 Å². The molecule has 0 amide bonds. The highest BCUT2D eigenvalue weighted by molar-refractivity contribution is 5.89. The highest BCUT2D eigenvalue weighted by atomic mass is 19.1. The van der Waals surface area contributed by atoms with E-state index in [2.05, 4.69) is 15.8 Å². The molecular formula is C19H19FN4O. The molecule has 0 radical (unpaired) electrons. The molecule has 1 heterocycles. The molecule has 128 valence electrons. The molecule has 2 aromatic carbocycles. The summed E-state index contributed by atoms with van der Waals surface area (Å²) in [4.78, 5) is 0. The van der Waals surface area contributed by atoms with Crippen LogP contribution in [0.2, 0.25) is 0 Å². The lowest BCUT2D eigenvalue weighted by Crippen LogP contribution is -2.25. The van der Waals surface area contributed by atoms with E-state index in [1.165, 1.54) is 6.07 Å². The number of anilines is 1. The first-order valence-electron chi connectivity index (χ1n) is 7.93. The summed E-state index contributed by atoms with van der Waals surface area (Å²) in [5, 5.41) is 17.0. The Labute approximate surface area is 145 Å². The van der Waals surface area contributed by atoms with Gasteiger partial charge in [-0.05, 0) is 17.2 Å². The topological polar surface area (TPSA) is 73.9 Å². The van der Waals surface area contributed by atoms with E-state index in [1.807, 2.05) is 37.3 Å². The number of nitrogens with one attached hydrogen (secondary N) is 3. The summed E-state index contributed by atoms with van der Waals surface area (Å²) >= 11 is 0. The van der Waals surface area contributed by atoms with Gasteiger partial charge >= 0.3 is 0 Å². The zero-order chi connectivity index (χ0) is 17.8. The molecule has 3 rings (SSSR count). The average Bonchev–Trinajstić information content (AvgIpc) is 3.10. The van der Waals surface area contributed by atoms with Gasteiger partial charge in [-0.3, -0.25) is 10.7 Å². The standard InChI is InChI=1S/C19H19FN4O/c1-12(17-11-18(25-24-17)23-19(21)22-2)13-7-9-14(10-8-13)15-5-3-4-6-16(15)20/h3-12H,1-2H3,(H3,21,22,23). The second-order valence-electron chi connectivity index (χ2n) is 5.69. The molecule has 3 N–H and O–H groups in total. The number of nitrogens with zero attached hydrogens (tertiary/aromatic N) is 1. The Balaban J connectivity index is 1.78. The number of hydrogen-bond acceptors (Lipinski definition) is 3. The van der Waals surface area contributed by atoms with Gasteiger partial charge in [0.2, 0.25) is 5.88 Å². The van der Waals surface area contributed by atoms with Gasteiger partial charge in [0.25, 0.3) is 0 Å². The molecular weight excluding hydrogens is 319 g/mol. The van der Waals surface area contributed by atoms with Crippen molar-refractivity contribution in [3.05, 3.63) is 71.7 Å². The van der Waals surface area contributed by atoms with Crippen molar-refractivity contribution in [2.75, 3.05) is 12.4 Å². The Morgan fingerprint density at radius 3 is 2.56 bits per heavy atom. The highest BCUT2D eigenvalue weighted by Crippen LogP contribution is 2.28. The second kappa shape index (κ2) is 7.17. The molecule has 0 saturated heterocycles. The zero-order valence-corrected chi connectivity index (χ0v) is 14.0. The molecule has 0 aliphatic heterocycles. The van der Waals surface area contributed by atoms with E-state index in [0.717, 1.165) is 16.8 Å². The molecule has 6 heteroatoms. The van der Waals surface area contributed by atoms with Crippen molar-refractivity contribution in [1.82, 2.24) is 10.5 Å². The van der Waals surface area contributed by atoms with Crippen molar-refractivity contribution in [3.8, 4) is 11.1 Å². The van der Waals surface area contributed by atoms with Gasteiger partial charge < -0.3 is 9.84 Å². The SMILES string of the molecule is CNC(=N)Nc1cc(C(C)c2ccc(-c3ccccc3F)cc2)no1.